The molecule has 0 bridgehead atoms. The number of aliphatic hydroxyl groups is 2. The molecular weight excluding hydrogens is 438 g/mol. The Morgan fingerprint density at radius 3 is 2.00 bits per heavy atom. The third kappa shape index (κ3) is 9.22. The molecule has 0 aliphatic rings. The van der Waals surface area contributed by atoms with E-state index >= 15 is 0 Å². The second-order valence-electron chi connectivity index (χ2n) is 7.34. The van der Waals surface area contributed by atoms with Crippen LogP contribution in [0.4, 0.5) is 0 Å². The molecular formula is C20H29N5O8. The summed E-state index contributed by atoms with van der Waals surface area (Å²) in [6, 6.07) is 2.94. The van der Waals surface area contributed by atoms with Gasteiger partial charge in [0.2, 0.25) is 23.6 Å². The van der Waals surface area contributed by atoms with Gasteiger partial charge >= 0.3 is 5.97 Å². The Labute approximate surface area is 189 Å². The number of benzene rings is 1. The topological polar surface area (TPSA) is 234 Å². The molecule has 1 rings (SSSR count). The van der Waals surface area contributed by atoms with E-state index in [4.69, 9.17) is 21.7 Å². The lowest BCUT2D eigenvalue weighted by molar-refractivity contribution is -0.143. The van der Waals surface area contributed by atoms with E-state index in [0.29, 0.717) is 0 Å². The fourth-order valence-electron chi connectivity index (χ4n) is 2.76. The molecule has 0 unspecified atom stereocenters. The van der Waals surface area contributed by atoms with E-state index < -0.39 is 72.9 Å². The van der Waals surface area contributed by atoms with E-state index in [0.717, 1.165) is 5.56 Å². The average Bonchev–Trinajstić information content (AvgIpc) is 2.74. The zero-order chi connectivity index (χ0) is 25.1. The molecule has 0 saturated heterocycles. The van der Waals surface area contributed by atoms with Crippen LogP contribution in [0.25, 0.3) is 0 Å². The third-order valence-corrected chi connectivity index (χ3v) is 4.53. The Morgan fingerprint density at radius 2 is 1.52 bits per heavy atom. The van der Waals surface area contributed by atoms with Crippen molar-refractivity contribution in [2.75, 3.05) is 6.61 Å². The van der Waals surface area contributed by atoms with Crippen molar-refractivity contribution in [1.29, 1.82) is 0 Å². The van der Waals surface area contributed by atoms with Gasteiger partial charge in [0.1, 0.15) is 18.1 Å². The zero-order valence-corrected chi connectivity index (χ0v) is 17.9. The van der Waals surface area contributed by atoms with Crippen LogP contribution in [0.1, 0.15) is 18.9 Å². The van der Waals surface area contributed by atoms with E-state index in [1.165, 1.54) is 6.92 Å². The summed E-state index contributed by atoms with van der Waals surface area (Å²) in [4.78, 5) is 59.8. The average molecular weight is 467 g/mol. The highest BCUT2D eigenvalue weighted by Gasteiger charge is 2.33. The summed E-state index contributed by atoms with van der Waals surface area (Å²) in [5, 5.41) is 34.4. The highest BCUT2D eigenvalue weighted by atomic mass is 16.4. The van der Waals surface area contributed by atoms with Gasteiger partial charge in [-0.1, -0.05) is 30.3 Å². The Hall–Kier alpha value is -3.55. The number of rotatable bonds is 13. The normalized spacial score (nSPS) is 15.3. The fourth-order valence-corrected chi connectivity index (χ4v) is 2.76. The van der Waals surface area contributed by atoms with Crippen LogP contribution in [-0.2, 0) is 30.4 Å². The minimum Gasteiger partial charge on any atom is -0.480 e. The molecule has 0 aliphatic heterocycles. The van der Waals surface area contributed by atoms with Gasteiger partial charge in [-0.25, -0.2) is 4.79 Å². The number of hydrogen-bond acceptors (Lipinski definition) is 8. The SMILES string of the molecule is C[C@@H](O)[C@H](NC(=O)[C@@H](N)Cc1ccccc1)C(=O)N[C@@H](CC(N)=O)C(=O)N[C@@H](CO)C(=O)O. The maximum absolute atomic E-state index is 12.7. The monoisotopic (exact) mass is 467 g/mol. The van der Waals surface area contributed by atoms with Gasteiger partial charge in [0, 0.05) is 0 Å². The first-order valence-corrected chi connectivity index (χ1v) is 9.96. The van der Waals surface area contributed by atoms with Crippen molar-refractivity contribution in [3.63, 3.8) is 0 Å². The molecule has 13 heteroatoms. The van der Waals surface area contributed by atoms with Crippen molar-refractivity contribution in [2.24, 2.45) is 11.5 Å². The van der Waals surface area contributed by atoms with E-state index in [9.17, 15) is 29.1 Å². The van der Waals surface area contributed by atoms with Gasteiger partial charge in [0.05, 0.1) is 25.2 Å². The summed E-state index contributed by atoms with van der Waals surface area (Å²) in [5.41, 5.74) is 11.7. The number of aliphatic carboxylic acids is 1. The van der Waals surface area contributed by atoms with Crippen LogP contribution < -0.4 is 27.4 Å². The van der Waals surface area contributed by atoms with Crippen LogP contribution in [0.5, 0.6) is 0 Å². The van der Waals surface area contributed by atoms with E-state index in [-0.39, 0.29) is 6.42 Å². The molecule has 0 aromatic heterocycles. The number of nitrogens with one attached hydrogen (secondary N) is 3. The standard InChI is InChI=1S/C20H29N5O8/c1-10(27)16(25-17(29)12(21)7-11-5-3-2-4-6-11)19(31)23-13(8-15(22)28)18(30)24-14(9-26)20(32)33/h2-6,10,12-14,16,26-27H,7-9,21H2,1H3,(H2,22,28)(H,23,31)(H,24,30)(H,25,29)(H,32,33)/t10-,12+,13+,14+,16+/m1/s1. The predicted molar refractivity (Wildman–Crippen MR) is 114 cm³/mol. The number of nitrogens with two attached hydrogens (primary N) is 2. The van der Waals surface area contributed by atoms with Gasteiger partial charge < -0.3 is 42.7 Å². The van der Waals surface area contributed by atoms with Gasteiger partial charge in [-0.3, -0.25) is 19.2 Å². The van der Waals surface area contributed by atoms with Crippen molar-refractivity contribution in [2.45, 2.75) is 50.0 Å². The van der Waals surface area contributed by atoms with E-state index in [1.54, 1.807) is 30.3 Å². The van der Waals surface area contributed by atoms with Crippen molar-refractivity contribution in [1.82, 2.24) is 16.0 Å². The lowest BCUT2D eigenvalue weighted by Crippen LogP contribution is -2.60. The maximum atomic E-state index is 12.7. The summed E-state index contributed by atoms with van der Waals surface area (Å²) in [6.45, 7) is 0.270. The van der Waals surface area contributed by atoms with Gasteiger partial charge in [-0.15, -0.1) is 0 Å². The molecule has 0 aliphatic carbocycles. The number of aliphatic hydroxyl groups excluding tert-OH is 2. The molecule has 0 spiro atoms. The van der Waals surface area contributed by atoms with Crippen LogP contribution in [0.15, 0.2) is 30.3 Å². The van der Waals surface area contributed by atoms with Crippen LogP contribution in [0.2, 0.25) is 0 Å². The molecule has 0 radical (unpaired) electrons. The molecule has 0 heterocycles. The smallest absolute Gasteiger partial charge is 0.328 e. The molecule has 0 saturated carbocycles. The van der Waals surface area contributed by atoms with Crippen LogP contribution in [0.3, 0.4) is 0 Å². The minimum absolute atomic E-state index is 0.158. The quantitative estimate of drug-likeness (QED) is 0.142. The molecule has 1 aromatic carbocycles. The second-order valence-corrected chi connectivity index (χ2v) is 7.34. The fraction of sp³-hybridized carbons (Fsp3) is 0.450. The predicted octanol–water partition coefficient (Wildman–Crippen LogP) is -3.66. The van der Waals surface area contributed by atoms with Crippen molar-refractivity contribution >= 4 is 29.6 Å². The van der Waals surface area contributed by atoms with Crippen LogP contribution in [0, 0.1) is 0 Å². The van der Waals surface area contributed by atoms with Crippen LogP contribution in [-0.4, -0.2) is 81.8 Å². The summed E-state index contributed by atoms with van der Waals surface area (Å²) in [7, 11) is 0. The summed E-state index contributed by atoms with van der Waals surface area (Å²) in [5.74, 6) is -5.44. The van der Waals surface area contributed by atoms with E-state index in [1.807, 2.05) is 5.32 Å². The minimum atomic E-state index is -1.69. The molecule has 33 heavy (non-hydrogen) atoms. The number of carboxylic acid groups (broad SMARTS) is 1. The molecule has 10 N–H and O–H groups in total. The Morgan fingerprint density at radius 1 is 0.939 bits per heavy atom. The van der Waals surface area contributed by atoms with Gasteiger partial charge in [0.15, 0.2) is 0 Å². The molecule has 5 atom stereocenters. The number of hydrogen-bond donors (Lipinski definition) is 8. The Kier molecular flexibility index (Phi) is 10.9. The molecule has 0 fully saturated rings. The Balaban J connectivity index is 2.89. The van der Waals surface area contributed by atoms with Crippen molar-refractivity contribution in [3.8, 4) is 0 Å². The highest BCUT2D eigenvalue weighted by molar-refractivity contribution is 5.96. The molecule has 4 amide bonds. The molecule has 13 nitrogen and oxygen atoms in total. The number of carboxylic acids is 1. The first-order chi connectivity index (χ1) is 15.5. The Bertz CT molecular complexity index is 848. The molecule has 182 valence electrons. The van der Waals surface area contributed by atoms with Crippen molar-refractivity contribution < 1.29 is 39.3 Å². The first kappa shape index (κ1) is 27.5. The highest BCUT2D eigenvalue weighted by Crippen LogP contribution is 2.04. The van der Waals surface area contributed by atoms with Gasteiger partial charge in [-0.05, 0) is 18.9 Å². The summed E-state index contributed by atoms with van der Waals surface area (Å²) >= 11 is 0. The first-order valence-electron chi connectivity index (χ1n) is 9.96. The lowest BCUT2D eigenvalue weighted by Gasteiger charge is -2.26. The second kappa shape index (κ2) is 13.1. The zero-order valence-electron chi connectivity index (χ0n) is 17.9. The lowest BCUT2D eigenvalue weighted by atomic mass is 10.0. The number of primary amides is 1. The summed E-state index contributed by atoms with van der Waals surface area (Å²) in [6.07, 6.45) is -1.96. The number of amides is 4. The third-order valence-electron chi connectivity index (χ3n) is 4.53. The van der Waals surface area contributed by atoms with Gasteiger partial charge in [-0.2, -0.15) is 0 Å². The van der Waals surface area contributed by atoms with E-state index in [2.05, 4.69) is 10.6 Å². The maximum Gasteiger partial charge on any atom is 0.328 e. The van der Waals surface area contributed by atoms with Gasteiger partial charge in [0.25, 0.3) is 0 Å². The molecule has 1 aromatic rings. The number of carbonyl (C=O) groups is 5. The summed E-state index contributed by atoms with van der Waals surface area (Å²) < 4.78 is 0. The largest absolute Gasteiger partial charge is 0.480 e. The van der Waals surface area contributed by atoms with Crippen molar-refractivity contribution in [3.05, 3.63) is 35.9 Å². The van der Waals surface area contributed by atoms with Crippen LogP contribution >= 0.6 is 0 Å². The number of carbonyl (C=O) groups excluding carboxylic acids is 4.